The number of carbonyl (C=O) groups is 1. The van der Waals surface area contributed by atoms with Crippen molar-refractivity contribution in [1.29, 1.82) is 0 Å². The van der Waals surface area contributed by atoms with E-state index in [0.29, 0.717) is 5.69 Å². The lowest BCUT2D eigenvalue weighted by atomic mass is 9.95. The highest BCUT2D eigenvalue weighted by Crippen LogP contribution is 2.30. The van der Waals surface area contributed by atoms with Gasteiger partial charge in [-0.05, 0) is 80.1 Å². The third-order valence-electron chi connectivity index (χ3n) is 4.57. The van der Waals surface area contributed by atoms with E-state index in [1.165, 1.54) is 24.3 Å². The fraction of sp³-hybridized carbons (Fsp3) is 0.278. The molecule has 0 atom stereocenters. The molecule has 2 aromatic rings. The minimum atomic E-state index is -3.78. The SMILES string of the molecule is Cc1c(C)c(C)c(S(=O)(=O)Nc2ccc(C(=O)[O-])cc2)c(C)c1C. The number of carbonyl (C=O) groups excluding carboxylic acids is 1. The molecule has 2 rings (SSSR count). The highest BCUT2D eigenvalue weighted by Gasteiger charge is 2.23. The molecule has 128 valence electrons. The van der Waals surface area contributed by atoms with Crippen molar-refractivity contribution in [3.05, 3.63) is 57.6 Å². The number of hydrogen-bond acceptors (Lipinski definition) is 4. The summed E-state index contributed by atoms with van der Waals surface area (Å²) < 4.78 is 28.2. The summed E-state index contributed by atoms with van der Waals surface area (Å²) in [5.41, 5.74) is 4.71. The van der Waals surface area contributed by atoms with E-state index in [0.717, 1.165) is 27.8 Å². The summed E-state index contributed by atoms with van der Waals surface area (Å²) in [6.07, 6.45) is 0. The molecule has 0 radical (unpaired) electrons. The number of carboxylic acids is 1. The van der Waals surface area contributed by atoms with E-state index < -0.39 is 16.0 Å². The molecule has 0 spiro atoms. The van der Waals surface area contributed by atoms with Crippen LogP contribution in [0.25, 0.3) is 0 Å². The van der Waals surface area contributed by atoms with E-state index in [-0.39, 0.29) is 10.5 Å². The van der Waals surface area contributed by atoms with Crippen molar-refractivity contribution >= 4 is 21.7 Å². The maximum absolute atomic E-state index is 12.8. The first kappa shape index (κ1) is 18.0. The molecule has 0 heterocycles. The molecule has 0 saturated heterocycles. The van der Waals surface area contributed by atoms with Gasteiger partial charge in [0.25, 0.3) is 10.0 Å². The highest BCUT2D eigenvalue weighted by molar-refractivity contribution is 7.92. The Bertz CT molecular complexity index is 884. The normalized spacial score (nSPS) is 11.4. The summed E-state index contributed by atoms with van der Waals surface area (Å²) in [4.78, 5) is 11.0. The lowest BCUT2D eigenvalue weighted by Gasteiger charge is -2.19. The summed E-state index contributed by atoms with van der Waals surface area (Å²) >= 11 is 0. The van der Waals surface area contributed by atoms with Crippen LogP contribution in [0.3, 0.4) is 0 Å². The minimum Gasteiger partial charge on any atom is -0.545 e. The zero-order chi connectivity index (χ0) is 18.2. The van der Waals surface area contributed by atoms with Gasteiger partial charge in [-0.25, -0.2) is 8.42 Å². The number of aromatic carboxylic acids is 1. The van der Waals surface area contributed by atoms with E-state index in [2.05, 4.69) is 4.72 Å². The number of sulfonamides is 1. The molecule has 0 aromatic heterocycles. The van der Waals surface area contributed by atoms with Crippen molar-refractivity contribution < 1.29 is 18.3 Å². The predicted octanol–water partition coefficient (Wildman–Crippen LogP) is 2.39. The van der Waals surface area contributed by atoms with E-state index in [9.17, 15) is 18.3 Å². The fourth-order valence-electron chi connectivity index (χ4n) is 2.75. The molecule has 2 aromatic carbocycles. The molecule has 0 aliphatic heterocycles. The fourth-order valence-corrected chi connectivity index (χ4v) is 4.41. The molecule has 0 aliphatic rings. The molecular weight excluding hydrogens is 326 g/mol. The van der Waals surface area contributed by atoms with Crippen LogP contribution in [0, 0.1) is 34.6 Å². The lowest BCUT2D eigenvalue weighted by molar-refractivity contribution is -0.255. The zero-order valence-electron chi connectivity index (χ0n) is 14.4. The van der Waals surface area contributed by atoms with Crippen molar-refractivity contribution in [2.24, 2.45) is 0 Å². The lowest BCUT2D eigenvalue weighted by Crippen LogP contribution is -2.22. The van der Waals surface area contributed by atoms with Gasteiger partial charge in [-0.3, -0.25) is 4.72 Å². The van der Waals surface area contributed by atoms with Crippen LogP contribution in [0.15, 0.2) is 29.2 Å². The van der Waals surface area contributed by atoms with Crippen molar-refractivity contribution in [3.8, 4) is 0 Å². The maximum Gasteiger partial charge on any atom is 0.262 e. The number of nitrogens with one attached hydrogen (secondary N) is 1. The van der Waals surface area contributed by atoms with Gasteiger partial charge in [0.1, 0.15) is 0 Å². The van der Waals surface area contributed by atoms with Crippen LogP contribution in [-0.2, 0) is 10.0 Å². The van der Waals surface area contributed by atoms with Crippen LogP contribution in [0.1, 0.15) is 38.2 Å². The topological polar surface area (TPSA) is 86.3 Å². The largest absolute Gasteiger partial charge is 0.545 e. The summed E-state index contributed by atoms with van der Waals surface area (Å²) in [7, 11) is -3.78. The number of hydrogen-bond donors (Lipinski definition) is 1. The van der Waals surface area contributed by atoms with Crippen LogP contribution in [-0.4, -0.2) is 14.4 Å². The zero-order valence-corrected chi connectivity index (χ0v) is 15.2. The first-order valence-electron chi connectivity index (χ1n) is 7.47. The average Bonchev–Trinajstić information content (AvgIpc) is 2.51. The maximum atomic E-state index is 12.8. The van der Waals surface area contributed by atoms with E-state index in [1.54, 1.807) is 13.8 Å². The Morgan fingerprint density at radius 3 is 1.67 bits per heavy atom. The van der Waals surface area contributed by atoms with E-state index >= 15 is 0 Å². The van der Waals surface area contributed by atoms with Gasteiger partial charge in [-0.1, -0.05) is 12.1 Å². The van der Waals surface area contributed by atoms with Gasteiger partial charge < -0.3 is 9.90 Å². The Hall–Kier alpha value is -2.34. The molecular formula is C18H20NO4S-. The molecule has 5 nitrogen and oxygen atoms in total. The summed E-state index contributed by atoms with van der Waals surface area (Å²) in [5, 5.41) is 10.8. The van der Waals surface area contributed by atoms with E-state index in [4.69, 9.17) is 0 Å². The van der Waals surface area contributed by atoms with Gasteiger partial charge in [0.2, 0.25) is 0 Å². The monoisotopic (exact) mass is 346 g/mol. The van der Waals surface area contributed by atoms with Crippen LogP contribution >= 0.6 is 0 Å². The second-order valence-electron chi connectivity index (χ2n) is 5.92. The first-order chi connectivity index (χ1) is 11.1. The number of carboxylic acid groups (broad SMARTS) is 1. The standard InChI is InChI=1S/C18H21NO4S/c1-10-11(2)13(4)17(14(5)12(10)3)24(22,23)19-16-8-6-15(7-9-16)18(20)21/h6-9,19H,1-5H3,(H,20,21)/p-1. The number of rotatable bonds is 4. The Balaban J connectivity index is 2.50. The van der Waals surface area contributed by atoms with Crippen LogP contribution in [0.4, 0.5) is 5.69 Å². The van der Waals surface area contributed by atoms with Crippen molar-refractivity contribution in [1.82, 2.24) is 0 Å². The first-order valence-corrected chi connectivity index (χ1v) is 8.95. The van der Waals surface area contributed by atoms with Gasteiger partial charge in [-0.2, -0.15) is 0 Å². The molecule has 0 unspecified atom stereocenters. The van der Waals surface area contributed by atoms with Crippen molar-refractivity contribution in [3.63, 3.8) is 0 Å². The molecule has 1 N–H and O–H groups in total. The van der Waals surface area contributed by atoms with Crippen LogP contribution < -0.4 is 9.83 Å². The van der Waals surface area contributed by atoms with E-state index in [1.807, 2.05) is 20.8 Å². The quantitative estimate of drug-likeness (QED) is 0.921. The van der Waals surface area contributed by atoms with Crippen LogP contribution in [0.5, 0.6) is 0 Å². The molecule has 6 heteroatoms. The van der Waals surface area contributed by atoms with Crippen LogP contribution in [0.2, 0.25) is 0 Å². The van der Waals surface area contributed by atoms with Gasteiger partial charge in [0.15, 0.2) is 0 Å². The molecule has 0 saturated carbocycles. The Morgan fingerprint density at radius 1 is 0.833 bits per heavy atom. The smallest absolute Gasteiger partial charge is 0.262 e. The third kappa shape index (κ3) is 3.14. The Kier molecular flexibility index (Phi) is 4.71. The Labute approximate surface area is 142 Å². The summed E-state index contributed by atoms with van der Waals surface area (Å²) in [5.74, 6) is -1.30. The highest BCUT2D eigenvalue weighted by atomic mass is 32.2. The number of benzene rings is 2. The second-order valence-corrected chi connectivity index (χ2v) is 7.54. The van der Waals surface area contributed by atoms with Crippen molar-refractivity contribution in [2.75, 3.05) is 4.72 Å². The summed E-state index contributed by atoms with van der Waals surface area (Å²) in [6.45, 7) is 9.38. The molecule has 0 bridgehead atoms. The van der Waals surface area contributed by atoms with Crippen molar-refractivity contribution in [2.45, 2.75) is 39.5 Å². The summed E-state index contributed by atoms with van der Waals surface area (Å²) in [6, 6.07) is 5.42. The second kappa shape index (κ2) is 6.28. The Morgan fingerprint density at radius 2 is 1.25 bits per heavy atom. The van der Waals surface area contributed by atoms with Gasteiger partial charge in [0, 0.05) is 5.69 Å². The van der Waals surface area contributed by atoms with Gasteiger partial charge in [0.05, 0.1) is 10.9 Å². The van der Waals surface area contributed by atoms with Gasteiger partial charge >= 0.3 is 0 Å². The molecule has 0 fully saturated rings. The minimum absolute atomic E-state index is 0.00710. The van der Waals surface area contributed by atoms with Gasteiger partial charge in [-0.15, -0.1) is 0 Å². The predicted molar refractivity (Wildman–Crippen MR) is 91.7 cm³/mol. The average molecular weight is 346 g/mol. The molecule has 0 aliphatic carbocycles. The molecule has 0 amide bonds. The molecule has 24 heavy (non-hydrogen) atoms. The number of anilines is 1. The third-order valence-corrected chi connectivity index (χ3v) is 6.23.